The van der Waals surface area contributed by atoms with Crippen molar-refractivity contribution in [3.05, 3.63) is 66.0 Å². The molecule has 2 aromatic rings. The standard InChI is InChI=1S/C16H15N3O2/c1-21-15-9-3-2-6-13(15)7-5-11-18-19-16(20)14-8-4-10-17-12-14/h2-12H,1H3,(H,19,20)/b7-5+,18-11-. The summed E-state index contributed by atoms with van der Waals surface area (Å²) in [5.41, 5.74) is 3.82. The van der Waals surface area contributed by atoms with Gasteiger partial charge in [-0.2, -0.15) is 5.10 Å². The van der Waals surface area contributed by atoms with Crippen molar-refractivity contribution in [3.8, 4) is 5.75 Å². The van der Waals surface area contributed by atoms with Crippen molar-refractivity contribution in [1.29, 1.82) is 0 Å². The Bertz CT molecular complexity index is 652. The van der Waals surface area contributed by atoms with Crippen LogP contribution in [0.4, 0.5) is 0 Å². The third-order valence-corrected chi connectivity index (χ3v) is 2.67. The zero-order valence-corrected chi connectivity index (χ0v) is 11.6. The third-order valence-electron chi connectivity index (χ3n) is 2.67. The highest BCUT2D eigenvalue weighted by Crippen LogP contribution is 2.18. The first-order chi connectivity index (χ1) is 10.3. The normalized spacial score (nSPS) is 10.9. The van der Waals surface area contributed by atoms with E-state index >= 15 is 0 Å². The molecule has 0 aliphatic rings. The Balaban J connectivity index is 1.91. The Morgan fingerprint density at radius 2 is 2.14 bits per heavy atom. The molecule has 0 radical (unpaired) electrons. The molecule has 1 heterocycles. The van der Waals surface area contributed by atoms with Crippen LogP contribution in [0.1, 0.15) is 15.9 Å². The molecule has 0 saturated heterocycles. The van der Waals surface area contributed by atoms with E-state index in [1.54, 1.807) is 31.5 Å². The molecule has 0 fully saturated rings. The Labute approximate surface area is 123 Å². The Morgan fingerprint density at radius 1 is 1.29 bits per heavy atom. The Hall–Kier alpha value is -2.95. The van der Waals surface area contributed by atoms with Crippen LogP contribution in [0, 0.1) is 0 Å². The summed E-state index contributed by atoms with van der Waals surface area (Å²) in [7, 11) is 1.62. The lowest BCUT2D eigenvalue weighted by Crippen LogP contribution is -2.17. The van der Waals surface area contributed by atoms with Gasteiger partial charge in [0.05, 0.1) is 12.7 Å². The molecule has 21 heavy (non-hydrogen) atoms. The average molecular weight is 281 g/mol. The van der Waals surface area contributed by atoms with Gasteiger partial charge in [0.25, 0.3) is 5.91 Å². The molecule has 0 unspecified atom stereocenters. The van der Waals surface area contributed by atoms with Crippen molar-refractivity contribution in [2.45, 2.75) is 0 Å². The van der Waals surface area contributed by atoms with Crippen molar-refractivity contribution in [2.24, 2.45) is 5.10 Å². The fraction of sp³-hybridized carbons (Fsp3) is 0.0625. The van der Waals surface area contributed by atoms with Gasteiger partial charge < -0.3 is 4.74 Å². The molecule has 0 aliphatic carbocycles. The van der Waals surface area contributed by atoms with Crippen LogP contribution < -0.4 is 10.2 Å². The third kappa shape index (κ3) is 4.28. The van der Waals surface area contributed by atoms with Crippen LogP contribution in [0.2, 0.25) is 0 Å². The van der Waals surface area contributed by atoms with Gasteiger partial charge in [0.2, 0.25) is 0 Å². The number of hydrogen-bond acceptors (Lipinski definition) is 4. The topological polar surface area (TPSA) is 63.6 Å². The van der Waals surface area contributed by atoms with Crippen LogP contribution in [-0.2, 0) is 0 Å². The minimum atomic E-state index is -0.301. The second-order valence-corrected chi connectivity index (χ2v) is 4.06. The summed E-state index contributed by atoms with van der Waals surface area (Å²) in [5.74, 6) is 0.478. The van der Waals surface area contributed by atoms with E-state index in [0.29, 0.717) is 5.56 Å². The number of para-hydroxylation sites is 1. The monoisotopic (exact) mass is 281 g/mol. The maximum Gasteiger partial charge on any atom is 0.272 e. The van der Waals surface area contributed by atoms with Crippen LogP contribution >= 0.6 is 0 Å². The predicted molar refractivity (Wildman–Crippen MR) is 82.2 cm³/mol. The van der Waals surface area contributed by atoms with Gasteiger partial charge in [-0.3, -0.25) is 9.78 Å². The minimum Gasteiger partial charge on any atom is -0.496 e. The second-order valence-electron chi connectivity index (χ2n) is 4.06. The molecule has 1 amide bonds. The molecular formula is C16H15N3O2. The lowest BCUT2D eigenvalue weighted by molar-refractivity contribution is 0.0955. The summed E-state index contributed by atoms with van der Waals surface area (Å²) in [6.45, 7) is 0. The lowest BCUT2D eigenvalue weighted by atomic mass is 10.2. The minimum absolute atomic E-state index is 0.301. The van der Waals surface area contributed by atoms with Crippen LogP contribution in [0.3, 0.4) is 0 Å². The Kier molecular flexibility index (Phi) is 5.23. The van der Waals surface area contributed by atoms with E-state index in [4.69, 9.17) is 4.74 Å². The van der Waals surface area contributed by atoms with Crippen LogP contribution in [0.5, 0.6) is 5.75 Å². The number of benzene rings is 1. The maximum absolute atomic E-state index is 11.7. The average Bonchev–Trinajstić information content (AvgIpc) is 2.55. The number of pyridine rings is 1. The molecular weight excluding hydrogens is 266 g/mol. The molecule has 0 saturated carbocycles. The number of hydrogen-bond donors (Lipinski definition) is 1. The summed E-state index contributed by atoms with van der Waals surface area (Å²) in [6.07, 6.45) is 8.16. The number of carbonyl (C=O) groups is 1. The molecule has 0 atom stereocenters. The van der Waals surface area contributed by atoms with Gasteiger partial charge in [0.1, 0.15) is 5.75 Å². The zero-order valence-electron chi connectivity index (χ0n) is 11.6. The number of ether oxygens (including phenoxy) is 1. The van der Waals surface area contributed by atoms with Crippen molar-refractivity contribution in [3.63, 3.8) is 0 Å². The first kappa shape index (κ1) is 14.5. The number of amides is 1. The lowest BCUT2D eigenvalue weighted by Gasteiger charge is -2.02. The van der Waals surface area contributed by atoms with Crippen molar-refractivity contribution in [2.75, 3.05) is 7.11 Å². The largest absolute Gasteiger partial charge is 0.496 e. The fourth-order valence-electron chi connectivity index (χ4n) is 1.65. The van der Waals surface area contributed by atoms with Crippen LogP contribution in [0.25, 0.3) is 6.08 Å². The summed E-state index contributed by atoms with van der Waals surface area (Å²) in [6, 6.07) is 11.0. The van der Waals surface area contributed by atoms with E-state index in [9.17, 15) is 4.79 Å². The molecule has 1 aromatic heterocycles. The number of hydrazone groups is 1. The maximum atomic E-state index is 11.7. The van der Waals surface area contributed by atoms with E-state index < -0.39 is 0 Å². The van der Waals surface area contributed by atoms with E-state index in [1.807, 2.05) is 30.3 Å². The van der Waals surface area contributed by atoms with Gasteiger partial charge in [-0.25, -0.2) is 5.43 Å². The number of nitrogens with zero attached hydrogens (tertiary/aromatic N) is 2. The molecule has 106 valence electrons. The molecule has 5 nitrogen and oxygen atoms in total. The van der Waals surface area contributed by atoms with Gasteiger partial charge in [0, 0.05) is 24.2 Å². The number of carbonyl (C=O) groups excluding carboxylic acids is 1. The number of nitrogens with one attached hydrogen (secondary N) is 1. The highest BCUT2D eigenvalue weighted by molar-refractivity contribution is 5.94. The van der Waals surface area contributed by atoms with E-state index in [-0.39, 0.29) is 5.91 Å². The smallest absolute Gasteiger partial charge is 0.272 e. The Morgan fingerprint density at radius 3 is 2.90 bits per heavy atom. The van der Waals surface area contributed by atoms with E-state index in [0.717, 1.165) is 11.3 Å². The SMILES string of the molecule is COc1ccccc1/C=C/C=N\NC(=O)c1cccnc1. The summed E-state index contributed by atoms with van der Waals surface area (Å²) >= 11 is 0. The van der Waals surface area contributed by atoms with Gasteiger partial charge >= 0.3 is 0 Å². The van der Waals surface area contributed by atoms with Gasteiger partial charge in [-0.05, 0) is 30.4 Å². The molecule has 0 aliphatic heterocycles. The first-order valence-electron chi connectivity index (χ1n) is 6.34. The van der Waals surface area contributed by atoms with Gasteiger partial charge in [0.15, 0.2) is 0 Å². The number of methoxy groups -OCH3 is 1. The molecule has 0 spiro atoms. The molecule has 1 aromatic carbocycles. The summed E-state index contributed by atoms with van der Waals surface area (Å²) < 4.78 is 5.23. The fourth-order valence-corrected chi connectivity index (χ4v) is 1.65. The van der Waals surface area contributed by atoms with Crippen molar-refractivity contribution < 1.29 is 9.53 Å². The van der Waals surface area contributed by atoms with Crippen LogP contribution in [-0.4, -0.2) is 24.2 Å². The van der Waals surface area contributed by atoms with Crippen molar-refractivity contribution >= 4 is 18.2 Å². The van der Waals surface area contributed by atoms with Gasteiger partial charge in [-0.1, -0.05) is 18.2 Å². The van der Waals surface area contributed by atoms with E-state index in [2.05, 4.69) is 15.5 Å². The molecule has 0 bridgehead atoms. The highest BCUT2D eigenvalue weighted by atomic mass is 16.5. The number of rotatable bonds is 5. The molecule has 1 N–H and O–H groups in total. The van der Waals surface area contributed by atoms with Crippen LogP contribution in [0.15, 0.2) is 60.0 Å². The quantitative estimate of drug-likeness (QED) is 0.676. The zero-order chi connectivity index (χ0) is 14.9. The predicted octanol–water partition coefficient (Wildman–Crippen LogP) is 2.52. The first-order valence-corrected chi connectivity index (χ1v) is 6.34. The second kappa shape index (κ2) is 7.59. The highest BCUT2D eigenvalue weighted by Gasteiger charge is 2.01. The molecule has 2 rings (SSSR count). The van der Waals surface area contributed by atoms with Gasteiger partial charge in [-0.15, -0.1) is 0 Å². The number of allylic oxidation sites excluding steroid dienone is 1. The summed E-state index contributed by atoms with van der Waals surface area (Å²) in [5, 5.41) is 3.84. The molecule has 5 heteroatoms. The summed E-state index contributed by atoms with van der Waals surface area (Å²) in [4.78, 5) is 15.5. The van der Waals surface area contributed by atoms with E-state index in [1.165, 1.54) is 12.4 Å². The van der Waals surface area contributed by atoms with Crippen molar-refractivity contribution in [1.82, 2.24) is 10.4 Å². The number of aromatic nitrogens is 1.